The number of aromatic nitrogens is 1. The molecule has 2 rings (SSSR count). The largest absolute Gasteiger partial charge is 0.344 e. The molecule has 8 heteroatoms. The molecule has 1 unspecified atom stereocenters. The van der Waals surface area contributed by atoms with Crippen LogP contribution in [0.15, 0.2) is 24.5 Å². The van der Waals surface area contributed by atoms with Crippen molar-refractivity contribution in [3.8, 4) is 0 Å². The first-order valence-corrected chi connectivity index (χ1v) is 8.35. The van der Waals surface area contributed by atoms with Gasteiger partial charge in [0.05, 0.1) is 11.5 Å². The third kappa shape index (κ3) is 4.01. The van der Waals surface area contributed by atoms with Crippen LogP contribution in [0.25, 0.3) is 0 Å². The molecule has 1 atom stereocenters. The number of pyridine rings is 1. The third-order valence-corrected chi connectivity index (χ3v) is 5.20. The van der Waals surface area contributed by atoms with E-state index in [1.807, 2.05) is 0 Å². The van der Waals surface area contributed by atoms with Crippen molar-refractivity contribution in [1.29, 1.82) is 0 Å². The number of hydrogen-bond acceptors (Lipinski definition) is 5. The summed E-state index contributed by atoms with van der Waals surface area (Å²) in [7, 11) is -1.63. The highest BCUT2D eigenvalue weighted by atomic mass is 32.2. The molecule has 0 aliphatic carbocycles. The molecule has 1 saturated heterocycles. The van der Waals surface area contributed by atoms with Crippen LogP contribution in [0, 0.1) is 0 Å². The number of nitrogens with one attached hydrogen (secondary N) is 1. The van der Waals surface area contributed by atoms with Crippen molar-refractivity contribution < 1.29 is 18.0 Å². The van der Waals surface area contributed by atoms with E-state index in [0.29, 0.717) is 6.42 Å². The van der Waals surface area contributed by atoms with Crippen molar-refractivity contribution in [2.75, 3.05) is 18.6 Å². The van der Waals surface area contributed by atoms with Crippen LogP contribution < -0.4 is 5.32 Å². The molecule has 0 bridgehead atoms. The monoisotopic (exact) mass is 311 g/mol. The number of rotatable bonds is 3. The average Bonchev–Trinajstić information content (AvgIpc) is 2.84. The van der Waals surface area contributed by atoms with Crippen LogP contribution in [0.4, 0.5) is 0 Å². The van der Waals surface area contributed by atoms with Crippen LogP contribution in [0.5, 0.6) is 0 Å². The van der Waals surface area contributed by atoms with Gasteiger partial charge in [-0.3, -0.25) is 14.6 Å². The molecule has 1 aliphatic rings. The topological polar surface area (TPSA) is 96.4 Å². The van der Waals surface area contributed by atoms with Crippen LogP contribution in [-0.4, -0.2) is 54.7 Å². The van der Waals surface area contributed by atoms with E-state index in [4.69, 9.17) is 0 Å². The van der Waals surface area contributed by atoms with Gasteiger partial charge >= 0.3 is 11.8 Å². The van der Waals surface area contributed by atoms with Crippen molar-refractivity contribution in [3.63, 3.8) is 0 Å². The molecule has 2 amide bonds. The van der Waals surface area contributed by atoms with Crippen LogP contribution in [-0.2, 0) is 26.0 Å². The Morgan fingerprint density at radius 2 is 2.24 bits per heavy atom. The fraction of sp³-hybridized carbons (Fsp3) is 0.462. The molecule has 1 aliphatic heterocycles. The molecule has 1 fully saturated rings. The van der Waals surface area contributed by atoms with Gasteiger partial charge in [0.2, 0.25) is 0 Å². The quantitative estimate of drug-likeness (QED) is 0.748. The zero-order valence-corrected chi connectivity index (χ0v) is 12.5. The molecule has 21 heavy (non-hydrogen) atoms. The number of likely N-dealkylation sites (N-methyl/N-ethyl adjacent to an activating group) is 1. The highest BCUT2D eigenvalue weighted by Crippen LogP contribution is 2.16. The summed E-state index contributed by atoms with van der Waals surface area (Å²) in [5, 5.41) is 2.50. The average molecular weight is 311 g/mol. The maximum absolute atomic E-state index is 12.0. The predicted molar refractivity (Wildman–Crippen MR) is 75.9 cm³/mol. The highest BCUT2D eigenvalue weighted by Gasteiger charge is 2.34. The number of amides is 2. The zero-order valence-electron chi connectivity index (χ0n) is 11.7. The first kappa shape index (κ1) is 15.4. The summed E-state index contributed by atoms with van der Waals surface area (Å²) in [4.78, 5) is 28.9. The van der Waals surface area contributed by atoms with Crippen LogP contribution in [0.3, 0.4) is 0 Å². The number of carbonyl (C=O) groups excluding carboxylic acids is 2. The Kier molecular flexibility index (Phi) is 4.56. The zero-order chi connectivity index (χ0) is 15.5. The second kappa shape index (κ2) is 6.21. The molecule has 0 saturated carbocycles. The lowest BCUT2D eigenvalue weighted by Crippen LogP contribution is -2.46. The van der Waals surface area contributed by atoms with Gasteiger partial charge in [-0.05, 0) is 18.1 Å². The second-order valence-electron chi connectivity index (χ2n) is 5.02. The molecular weight excluding hydrogens is 294 g/mol. The number of hydrogen-bond donors (Lipinski definition) is 1. The minimum Gasteiger partial charge on any atom is -0.344 e. The van der Waals surface area contributed by atoms with E-state index in [1.165, 1.54) is 11.9 Å². The fourth-order valence-electron chi connectivity index (χ4n) is 2.17. The molecule has 7 nitrogen and oxygen atoms in total. The molecule has 1 N–H and O–H groups in total. The van der Waals surface area contributed by atoms with Gasteiger partial charge in [-0.15, -0.1) is 0 Å². The van der Waals surface area contributed by atoms with E-state index < -0.39 is 27.7 Å². The molecule has 0 radical (unpaired) electrons. The van der Waals surface area contributed by atoms with E-state index in [2.05, 4.69) is 10.3 Å². The van der Waals surface area contributed by atoms with Gasteiger partial charge in [-0.2, -0.15) is 0 Å². The summed E-state index contributed by atoms with van der Waals surface area (Å²) in [6.07, 6.45) is 3.59. The summed E-state index contributed by atoms with van der Waals surface area (Å²) < 4.78 is 22.8. The maximum Gasteiger partial charge on any atom is 0.311 e. The summed E-state index contributed by atoms with van der Waals surface area (Å²) in [5.74, 6) is -1.48. The van der Waals surface area contributed by atoms with E-state index in [9.17, 15) is 18.0 Å². The van der Waals surface area contributed by atoms with E-state index in [1.54, 1.807) is 24.5 Å². The first-order valence-electron chi connectivity index (χ1n) is 6.53. The molecule has 2 heterocycles. The third-order valence-electron chi connectivity index (χ3n) is 3.45. The Balaban J connectivity index is 1.89. The van der Waals surface area contributed by atoms with Crippen molar-refractivity contribution >= 4 is 21.7 Å². The van der Waals surface area contributed by atoms with E-state index >= 15 is 0 Å². The summed E-state index contributed by atoms with van der Waals surface area (Å²) in [5.41, 5.74) is 0.782. The van der Waals surface area contributed by atoms with E-state index in [0.717, 1.165) is 5.56 Å². The summed E-state index contributed by atoms with van der Waals surface area (Å²) >= 11 is 0. The molecule has 0 spiro atoms. The Labute approximate surface area is 123 Å². The highest BCUT2D eigenvalue weighted by molar-refractivity contribution is 7.91. The summed E-state index contributed by atoms with van der Waals surface area (Å²) in [6.45, 7) is 0.204. The van der Waals surface area contributed by atoms with Crippen LogP contribution >= 0.6 is 0 Å². The van der Waals surface area contributed by atoms with Crippen molar-refractivity contribution in [3.05, 3.63) is 30.1 Å². The van der Waals surface area contributed by atoms with Crippen molar-refractivity contribution in [2.24, 2.45) is 0 Å². The van der Waals surface area contributed by atoms with Crippen molar-refractivity contribution in [1.82, 2.24) is 15.2 Å². The first-order chi connectivity index (χ1) is 9.89. The van der Waals surface area contributed by atoms with Gasteiger partial charge in [0.25, 0.3) is 0 Å². The second-order valence-corrected chi connectivity index (χ2v) is 7.25. The van der Waals surface area contributed by atoms with Gasteiger partial charge < -0.3 is 10.2 Å². The number of sulfone groups is 1. The van der Waals surface area contributed by atoms with Crippen LogP contribution in [0.2, 0.25) is 0 Å². The lowest BCUT2D eigenvalue weighted by atomic mass is 10.2. The lowest BCUT2D eigenvalue weighted by Gasteiger charge is -2.22. The summed E-state index contributed by atoms with van der Waals surface area (Å²) in [6, 6.07) is 3.09. The standard InChI is InChI=1S/C13H17N3O4S/c1-16(11-4-6-21(19,20)9-11)13(18)12(17)15-8-10-3-2-5-14-7-10/h2-3,5,7,11H,4,6,8-9H2,1H3,(H,15,17). The van der Waals surface area contributed by atoms with Gasteiger partial charge in [-0.1, -0.05) is 6.07 Å². The fourth-order valence-corrected chi connectivity index (χ4v) is 3.94. The SMILES string of the molecule is CN(C(=O)C(=O)NCc1cccnc1)C1CCS(=O)(=O)C1. The predicted octanol–water partition coefficient (Wildman–Crippen LogP) is -0.657. The maximum atomic E-state index is 12.0. The molecule has 1 aromatic heterocycles. The van der Waals surface area contributed by atoms with Gasteiger partial charge in [0.1, 0.15) is 0 Å². The Morgan fingerprint density at radius 3 is 2.81 bits per heavy atom. The van der Waals surface area contributed by atoms with Crippen LogP contribution in [0.1, 0.15) is 12.0 Å². The van der Waals surface area contributed by atoms with Crippen molar-refractivity contribution in [2.45, 2.75) is 19.0 Å². The Morgan fingerprint density at radius 1 is 1.48 bits per heavy atom. The minimum absolute atomic E-state index is 0.0621. The minimum atomic E-state index is -3.09. The smallest absolute Gasteiger partial charge is 0.311 e. The molecule has 1 aromatic rings. The normalized spacial score (nSPS) is 20.0. The number of nitrogens with zero attached hydrogens (tertiary/aromatic N) is 2. The molecule has 0 aromatic carbocycles. The Hall–Kier alpha value is -1.96. The van der Waals surface area contributed by atoms with Gasteiger partial charge in [-0.25, -0.2) is 8.42 Å². The molecular formula is C13H17N3O4S. The van der Waals surface area contributed by atoms with E-state index in [-0.39, 0.29) is 18.1 Å². The van der Waals surface area contributed by atoms with Gasteiger partial charge in [0, 0.05) is 32.0 Å². The van der Waals surface area contributed by atoms with Gasteiger partial charge in [0.15, 0.2) is 9.84 Å². The Bertz CT molecular complexity index is 630. The lowest BCUT2D eigenvalue weighted by molar-refractivity contribution is -0.146. The molecule has 114 valence electrons. The number of carbonyl (C=O) groups is 2.